The van der Waals surface area contributed by atoms with Crippen LogP contribution in [0.1, 0.15) is 65.7 Å². The number of rotatable bonds is 7. The highest BCUT2D eigenvalue weighted by atomic mass is 16.7. The number of imidazole rings is 1. The largest absolute Gasteiger partial charge is 0.494 e. The predicted octanol–water partition coefficient (Wildman–Crippen LogP) is 4.57. The molecule has 2 atom stereocenters. The molecule has 9 nitrogen and oxygen atoms in total. The number of fused-ring (bicyclic) bond motifs is 1. The number of methoxy groups -OCH3 is 1. The van der Waals surface area contributed by atoms with Gasteiger partial charge in [0.05, 0.1) is 36.2 Å². The van der Waals surface area contributed by atoms with Gasteiger partial charge in [0.2, 0.25) is 5.91 Å². The Bertz CT molecular complexity index is 1390. The maximum Gasteiger partial charge on any atom is 0.494 e. The van der Waals surface area contributed by atoms with Gasteiger partial charge in [-0.15, -0.1) is 0 Å². The van der Waals surface area contributed by atoms with Crippen molar-refractivity contribution in [3.63, 3.8) is 0 Å². The fourth-order valence-electron chi connectivity index (χ4n) is 5.38. The molecule has 2 saturated heterocycles. The van der Waals surface area contributed by atoms with Crippen LogP contribution in [0.3, 0.4) is 0 Å². The summed E-state index contributed by atoms with van der Waals surface area (Å²) < 4.78 is 17.1. The molecule has 2 aliphatic rings. The zero-order chi connectivity index (χ0) is 28.7. The molecule has 40 heavy (non-hydrogen) atoms. The Balaban J connectivity index is 1.27. The molecule has 0 saturated carbocycles. The van der Waals surface area contributed by atoms with Crippen LogP contribution in [0.25, 0.3) is 22.0 Å². The van der Waals surface area contributed by atoms with Crippen molar-refractivity contribution in [2.24, 2.45) is 5.92 Å². The number of ether oxygens (including phenoxy) is 1. The van der Waals surface area contributed by atoms with Gasteiger partial charge in [-0.25, -0.2) is 9.78 Å². The van der Waals surface area contributed by atoms with Crippen molar-refractivity contribution in [1.82, 2.24) is 20.2 Å². The number of carbonyl (C=O) groups is 2. The maximum absolute atomic E-state index is 13.1. The summed E-state index contributed by atoms with van der Waals surface area (Å²) in [7, 11) is 0.933. The highest BCUT2D eigenvalue weighted by Gasteiger charge is 2.51. The molecule has 1 aromatic heterocycles. The number of carbonyl (C=O) groups excluding carboxylic acids is 2. The molecule has 0 aliphatic carbocycles. The SMILES string of the molecule is COC(=O)NCC(C)CC(=O)N1CCCC1c1ncc(-c2ccc3cc(B4OC(C)(C)C(C)(C)O4)ccc3c2)[nH]1. The number of benzene rings is 2. The zero-order valence-corrected chi connectivity index (χ0v) is 24.2. The molecule has 2 aromatic carbocycles. The van der Waals surface area contributed by atoms with Crippen LogP contribution in [0.2, 0.25) is 0 Å². The normalized spacial score (nSPS) is 20.6. The minimum absolute atomic E-state index is 0.00269. The lowest BCUT2D eigenvalue weighted by molar-refractivity contribution is -0.133. The summed E-state index contributed by atoms with van der Waals surface area (Å²) >= 11 is 0. The number of hydrogen-bond acceptors (Lipinski definition) is 6. The van der Waals surface area contributed by atoms with E-state index in [4.69, 9.17) is 9.31 Å². The van der Waals surface area contributed by atoms with Gasteiger partial charge in [-0.2, -0.15) is 0 Å². The molecule has 2 fully saturated rings. The van der Waals surface area contributed by atoms with Crippen LogP contribution in [0.15, 0.2) is 42.6 Å². The van der Waals surface area contributed by atoms with Gasteiger partial charge in [0.25, 0.3) is 0 Å². The Morgan fingerprint density at radius 1 is 1.15 bits per heavy atom. The van der Waals surface area contributed by atoms with Crippen molar-refractivity contribution in [3.8, 4) is 11.3 Å². The van der Waals surface area contributed by atoms with Crippen molar-refractivity contribution in [2.75, 3.05) is 20.2 Å². The van der Waals surface area contributed by atoms with Gasteiger partial charge in [0.15, 0.2) is 0 Å². The summed E-state index contributed by atoms with van der Waals surface area (Å²) in [6.07, 6.45) is 3.52. The van der Waals surface area contributed by atoms with Crippen LogP contribution in [0.5, 0.6) is 0 Å². The van der Waals surface area contributed by atoms with E-state index in [0.29, 0.717) is 19.5 Å². The van der Waals surface area contributed by atoms with Gasteiger partial charge in [-0.05, 0) is 68.8 Å². The van der Waals surface area contributed by atoms with Gasteiger partial charge >= 0.3 is 13.2 Å². The molecule has 3 heterocycles. The van der Waals surface area contributed by atoms with E-state index in [-0.39, 0.29) is 29.1 Å². The second-order valence-electron chi connectivity index (χ2n) is 12.0. The molecule has 212 valence electrons. The first-order valence-corrected chi connectivity index (χ1v) is 14.0. The van der Waals surface area contributed by atoms with E-state index in [2.05, 4.69) is 84.1 Å². The highest BCUT2D eigenvalue weighted by Crippen LogP contribution is 2.37. The first-order valence-electron chi connectivity index (χ1n) is 14.0. The molecular formula is C30H39BN4O5. The van der Waals surface area contributed by atoms with Crippen molar-refractivity contribution >= 4 is 35.4 Å². The van der Waals surface area contributed by atoms with Crippen molar-refractivity contribution in [3.05, 3.63) is 48.4 Å². The van der Waals surface area contributed by atoms with E-state index >= 15 is 0 Å². The van der Waals surface area contributed by atoms with E-state index in [1.807, 2.05) is 18.0 Å². The molecule has 0 bridgehead atoms. The third-order valence-electron chi connectivity index (χ3n) is 8.49. The van der Waals surface area contributed by atoms with Gasteiger partial charge in [-0.3, -0.25) is 4.79 Å². The summed E-state index contributed by atoms with van der Waals surface area (Å²) in [5.41, 5.74) is 2.20. The molecule has 5 rings (SSSR count). The van der Waals surface area contributed by atoms with Crippen LogP contribution in [-0.2, 0) is 18.8 Å². The third kappa shape index (κ3) is 5.60. The standard InChI is InChI=1S/C30H39BN4O5/c1-19(17-33-28(37)38-6)14-26(36)35-13-7-8-25(35)27-32-18-24(34-27)22-10-9-21-16-23(12-11-20(21)15-22)31-39-29(2,3)30(4,5)40-31/h9-12,15-16,18-19,25H,7-8,13-14,17H2,1-6H3,(H,32,34)(H,33,37). The lowest BCUT2D eigenvalue weighted by Crippen LogP contribution is -2.41. The van der Waals surface area contributed by atoms with Gasteiger partial charge in [-0.1, -0.05) is 37.3 Å². The fraction of sp³-hybridized carbons (Fsp3) is 0.500. The molecule has 2 unspecified atom stereocenters. The van der Waals surface area contributed by atoms with Crippen LogP contribution in [-0.4, -0.2) is 65.4 Å². The van der Waals surface area contributed by atoms with Gasteiger partial charge < -0.3 is 29.2 Å². The average molecular weight is 546 g/mol. The van der Waals surface area contributed by atoms with Crippen LogP contribution >= 0.6 is 0 Å². The number of alkyl carbamates (subject to hydrolysis) is 1. The third-order valence-corrected chi connectivity index (χ3v) is 8.49. The van der Waals surface area contributed by atoms with E-state index in [0.717, 1.165) is 46.2 Å². The number of aromatic nitrogens is 2. The van der Waals surface area contributed by atoms with Crippen LogP contribution in [0.4, 0.5) is 4.79 Å². The lowest BCUT2D eigenvalue weighted by atomic mass is 9.78. The highest BCUT2D eigenvalue weighted by molar-refractivity contribution is 6.62. The minimum atomic E-state index is -0.486. The van der Waals surface area contributed by atoms with Crippen molar-refractivity contribution < 1.29 is 23.6 Å². The monoisotopic (exact) mass is 546 g/mol. The molecule has 10 heteroatoms. The number of aromatic amines is 1. The fourth-order valence-corrected chi connectivity index (χ4v) is 5.38. The predicted molar refractivity (Wildman–Crippen MR) is 155 cm³/mol. The number of nitrogens with zero attached hydrogens (tertiary/aromatic N) is 2. The Hall–Kier alpha value is -3.37. The van der Waals surface area contributed by atoms with Gasteiger partial charge in [0.1, 0.15) is 5.82 Å². The summed E-state index contributed by atoms with van der Waals surface area (Å²) in [5, 5.41) is 4.89. The number of hydrogen-bond donors (Lipinski definition) is 2. The minimum Gasteiger partial charge on any atom is -0.453 e. The van der Waals surface area contributed by atoms with Crippen molar-refractivity contribution in [1.29, 1.82) is 0 Å². The summed E-state index contributed by atoms with van der Waals surface area (Å²) in [4.78, 5) is 34.5. The summed E-state index contributed by atoms with van der Waals surface area (Å²) in [5.74, 6) is 0.878. The van der Waals surface area contributed by atoms with E-state index < -0.39 is 13.2 Å². The van der Waals surface area contributed by atoms with Crippen LogP contribution < -0.4 is 10.8 Å². The van der Waals surface area contributed by atoms with Gasteiger partial charge in [0, 0.05) is 25.1 Å². The quantitative estimate of drug-likeness (QED) is 0.421. The van der Waals surface area contributed by atoms with E-state index in [9.17, 15) is 9.59 Å². The first-order chi connectivity index (χ1) is 19.0. The Morgan fingerprint density at radius 2 is 1.85 bits per heavy atom. The van der Waals surface area contributed by atoms with Crippen molar-refractivity contribution in [2.45, 2.75) is 71.1 Å². The number of nitrogens with one attached hydrogen (secondary N) is 2. The molecule has 3 aromatic rings. The Kier molecular flexibility index (Phi) is 7.67. The Morgan fingerprint density at radius 3 is 2.58 bits per heavy atom. The lowest BCUT2D eigenvalue weighted by Gasteiger charge is -2.32. The number of amides is 2. The summed E-state index contributed by atoms with van der Waals surface area (Å²) in [6.45, 7) is 11.3. The Labute approximate surface area is 236 Å². The topological polar surface area (TPSA) is 106 Å². The number of H-pyrrole nitrogens is 1. The second kappa shape index (κ2) is 10.9. The number of likely N-dealkylation sites (tertiary alicyclic amines) is 1. The average Bonchev–Trinajstić information content (AvgIpc) is 3.64. The molecule has 0 radical (unpaired) electrons. The van der Waals surface area contributed by atoms with Crippen LogP contribution in [0, 0.1) is 5.92 Å². The molecule has 2 aliphatic heterocycles. The zero-order valence-electron chi connectivity index (χ0n) is 24.2. The molecule has 2 N–H and O–H groups in total. The van der Waals surface area contributed by atoms with E-state index in [1.165, 1.54) is 7.11 Å². The molecule has 2 amide bonds. The molecular weight excluding hydrogens is 507 g/mol. The second-order valence-corrected chi connectivity index (χ2v) is 12.0. The summed E-state index contributed by atoms with van der Waals surface area (Å²) in [6, 6.07) is 12.6. The smallest absolute Gasteiger partial charge is 0.453 e. The molecule has 0 spiro atoms. The maximum atomic E-state index is 13.1. The first kappa shape index (κ1) is 28.2. The van der Waals surface area contributed by atoms with E-state index in [1.54, 1.807) is 0 Å².